The van der Waals surface area contributed by atoms with E-state index >= 15 is 0 Å². The summed E-state index contributed by atoms with van der Waals surface area (Å²) >= 11 is 0. The summed E-state index contributed by atoms with van der Waals surface area (Å²) in [7, 11) is 0. The smallest absolute Gasteiger partial charge is 0.177 e. The Kier molecular flexibility index (Phi) is 4.93. The minimum atomic E-state index is 0.124. The highest BCUT2D eigenvalue weighted by molar-refractivity contribution is 5.68. The van der Waals surface area contributed by atoms with Gasteiger partial charge in [0.05, 0.1) is 18.2 Å². The summed E-state index contributed by atoms with van der Waals surface area (Å²) in [6, 6.07) is 5.37. The number of benzene rings is 1. The molecule has 4 rings (SSSR count). The van der Waals surface area contributed by atoms with Crippen LogP contribution >= 0.6 is 0 Å². The third-order valence-electron chi connectivity index (χ3n) is 4.98. The first kappa shape index (κ1) is 17.4. The Morgan fingerprint density at radius 2 is 2.15 bits per heavy atom. The van der Waals surface area contributed by atoms with Crippen molar-refractivity contribution in [1.82, 2.24) is 30.0 Å². The largest absolute Gasteiger partial charge is 0.507 e. The molecule has 1 atom stereocenters. The van der Waals surface area contributed by atoms with Gasteiger partial charge in [-0.25, -0.2) is 9.97 Å². The maximum Gasteiger partial charge on any atom is 0.177 e. The van der Waals surface area contributed by atoms with Crippen LogP contribution in [-0.4, -0.2) is 42.9 Å². The van der Waals surface area contributed by atoms with E-state index in [1.54, 1.807) is 24.8 Å². The van der Waals surface area contributed by atoms with Gasteiger partial charge in [-0.15, -0.1) is 10.2 Å². The van der Waals surface area contributed by atoms with Gasteiger partial charge in [0.15, 0.2) is 5.82 Å². The van der Waals surface area contributed by atoms with Crippen molar-refractivity contribution < 1.29 is 5.11 Å². The number of rotatable bonds is 4. The minimum Gasteiger partial charge on any atom is -0.507 e. The number of phenolic OH excluding ortho intramolecular Hbond substituents is 1. The monoisotopic (exact) mass is 362 g/mol. The number of imidazole rings is 1. The lowest BCUT2D eigenvalue weighted by atomic mass is 9.92. The fraction of sp³-hybridized carbons (Fsp3) is 0.300. The third-order valence-corrected chi connectivity index (χ3v) is 4.98. The quantitative estimate of drug-likeness (QED) is 0.742. The topological polar surface area (TPSA) is 88.8 Å². The van der Waals surface area contributed by atoms with Crippen LogP contribution in [-0.2, 0) is 0 Å². The van der Waals surface area contributed by atoms with Gasteiger partial charge in [0.25, 0.3) is 0 Å². The molecule has 27 heavy (non-hydrogen) atoms. The summed E-state index contributed by atoms with van der Waals surface area (Å²) in [5.41, 5.74) is 2.89. The molecule has 1 saturated heterocycles. The molecule has 0 aliphatic carbocycles. The second-order valence-corrected chi connectivity index (χ2v) is 6.74. The summed E-state index contributed by atoms with van der Waals surface area (Å²) in [4.78, 5) is 8.47. The highest BCUT2D eigenvalue weighted by Gasteiger charge is 2.19. The van der Waals surface area contributed by atoms with Crippen LogP contribution < -0.4 is 5.32 Å². The summed E-state index contributed by atoms with van der Waals surface area (Å²) < 4.78 is 1.82. The molecule has 2 N–H and O–H groups in total. The number of nitrogens with one attached hydrogen (secondary N) is 1. The molecule has 1 fully saturated rings. The van der Waals surface area contributed by atoms with Crippen LogP contribution in [0.25, 0.3) is 22.5 Å². The molecule has 0 unspecified atom stereocenters. The van der Waals surface area contributed by atoms with Crippen LogP contribution in [0.2, 0.25) is 0 Å². The molecule has 0 radical (unpaired) electrons. The first-order chi connectivity index (χ1) is 13.2. The van der Waals surface area contributed by atoms with Crippen molar-refractivity contribution >= 4 is 5.57 Å². The highest BCUT2D eigenvalue weighted by Crippen LogP contribution is 2.30. The van der Waals surface area contributed by atoms with Crippen molar-refractivity contribution in [2.24, 2.45) is 5.92 Å². The number of hydrogen-bond acceptors (Lipinski definition) is 6. The Balaban J connectivity index is 1.54. The Labute approximate surface area is 157 Å². The van der Waals surface area contributed by atoms with Gasteiger partial charge in [0.1, 0.15) is 11.4 Å². The summed E-state index contributed by atoms with van der Waals surface area (Å²) in [6.45, 7) is 6.24. The molecule has 1 aliphatic heterocycles. The Morgan fingerprint density at radius 3 is 2.89 bits per heavy atom. The van der Waals surface area contributed by atoms with Gasteiger partial charge in [-0.1, -0.05) is 6.58 Å². The second kappa shape index (κ2) is 7.67. The van der Waals surface area contributed by atoms with Crippen LogP contribution in [0, 0.1) is 5.92 Å². The highest BCUT2D eigenvalue weighted by atomic mass is 16.3. The molecule has 0 spiro atoms. The van der Waals surface area contributed by atoms with Crippen molar-refractivity contribution in [1.29, 1.82) is 0 Å². The molecular weight excluding hydrogens is 340 g/mol. The van der Waals surface area contributed by atoms with Gasteiger partial charge in [-0.05, 0) is 56.0 Å². The van der Waals surface area contributed by atoms with Gasteiger partial charge in [0.2, 0.25) is 0 Å². The van der Waals surface area contributed by atoms with E-state index in [0.717, 1.165) is 43.6 Å². The Bertz CT molecular complexity index is 912. The molecule has 0 bridgehead atoms. The van der Waals surface area contributed by atoms with E-state index in [0.29, 0.717) is 23.0 Å². The average Bonchev–Trinajstić information content (AvgIpc) is 3.10. The summed E-state index contributed by atoms with van der Waals surface area (Å²) in [5, 5.41) is 22.3. The maximum absolute atomic E-state index is 10.4. The van der Waals surface area contributed by atoms with Crippen LogP contribution in [0.4, 0.5) is 0 Å². The van der Waals surface area contributed by atoms with Crippen LogP contribution in [0.3, 0.4) is 0 Å². The molecular formula is C20H22N6O. The number of phenols is 1. The SMILES string of the molecule is C=C(c1ncc(-c2ccc(-n3ccnc3)cc2O)nn1)[C@H]1CCCNCC1. The lowest BCUT2D eigenvalue weighted by Crippen LogP contribution is -2.14. The molecule has 3 aromatic rings. The number of allylic oxidation sites excluding steroid dienone is 1. The van der Waals surface area contributed by atoms with Crippen LogP contribution in [0.1, 0.15) is 25.1 Å². The van der Waals surface area contributed by atoms with E-state index in [1.807, 2.05) is 22.9 Å². The van der Waals surface area contributed by atoms with E-state index in [2.05, 4.69) is 32.1 Å². The second-order valence-electron chi connectivity index (χ2n) is 6.74. The fourth-order valence-corrected chi connectivity index (χ4v) is 3.40. The van der Waals surface area contributed by atoms with Gasteiger partial charge in [0, 0.05) is 24.0 Å². The molecule has 0 saturated carbocycles. The van der Waals surface area contributed by atoms with E-state index in [-0.39, 0.29) is 5.75 Å². The van der Waals surface area contributed by atoms with Gasteiger partial charge >= 0.3 is 0 Å². The standard InChI is InChI=1S/C20H22N6O/c1-14(15-3-2-7-21-8-6-15)20-23-12-18(24-25-20)17-5-4-16(11-19(17)27)26-10-9-22-13-26/h4-5,9-13,15,21,27H,1-3,6-8H2/t15-/m0/s1. The zero-order valence-corrected chi connectivity index (χ0v) is 15.0. The number of aromatic nitrogens is 5. The van der Waals surface area contributed by atoms with Crippen molar-refractivity contribution in [3.8, 4) is 22.7 Å². The number of hydrogen-bond donors (Lipinski definition) is 2. The van der Waals surface area contributed by atoms with E-state index in [9.17, 15) is 5.11 Å². The zero-order valence-electron chi connectivity index (χ0n) is 15.0. The summed E-state index contributed by atoms with van der Waals surface area (Å²) in [5.74, 6) is 1.09. The van der Waals surface area contributed by atoms with Crippen molar-refractivity contribution in [2.45, 2.75) is 19.3 Å². The first-order valence-electron chi connectivity index (χ1n) is 9.13. The van der Waals surface area contributed by atoms with Gasteiger partial charge < -0.3 is 15.0 Å². The van der Waals surface area contributed by atoms with E-state index < -0.39 is 0 Å². The number of aromatic hydroxyl groups is 1. The van der Waals surface area contributed by atoms with Crippen molar-refractivity contribution in [2.75, 3.05) is 13.1 Å². The van der Waals surface area contributed by atoms with Crippen molar-refractivity contribution in [3.63, 3.8) is 0 Å². The molecule has 1 aromatic carbocycles. The fourth-order valence-electron chi connectivity index (χ4n) is 3.40. The lowest BCUT2D eigenvalue weighted by molar-refractivity contribution is 0.476. The predicted molar refractivity (Wildman–Crippen MR) is 103 cm³/mol. The number of nitrogens with zero attached hydrogens (tertiary/aromatic N) is 5. The molecule has 138 valence electrons. The lowest BCUT2D eigenvalue weighted by Gasteiger charge is -2.15. The molecule has 7 nitrogen and oxygen atoms in total. The molecule has 0 amide bonds. The zero-order chi connectivity index (χ0) is 18.6. The average molecular weight is 362 g/mol. The first-order valence-corrected chi connectivity index (χ1v) is 9.13. The Morgan fingerprint density at radius 1 is 1.22 bits per heavy atom. The van der Waals surface area contributed by atoms with Gasteiger partial charge in [-0.2, -0.15) is 0 Å². The molecule has 7 heteroatoms. The predicted octanol–water partition coefficient (Wildman–Crippen LogP) is 2.83. The molecule has 2 aromatic heterocycles. The van der Waals surface area contributed by atoms with Gasteiger partial charge in [-0.3, -0.25) is 0 Å². The maximum atomic E-state index is 10.4. The minimum absolute atomic E-state index is 0.124. The summed E-state index contributed by atoms with van der Waals surface area (Å²) in [6.07, 6.45) is 10.1. The van der Waals surface area contributed by atoms with Crippen LogP contribution in [0.5, 0.6) is 5.75 Å². The normalized spacial score (nSPS) is 17.4. The van der Waals surface area contributed by atoms with Crippen LogP contribution in [0.15, 0.2) is 49.7 Å². The third kappa shape index (κ3) is 3.73. The Hall–Kier alpha value is -3.06. The van der Waals surface area contributed by atoms with E-state index in [1.165, 1.54) is 0 Å². The van der Waals surface area contributed by atoms with E-state index in [4.69, 9.17) is 0 Å². The molecule has 1 aliphatic rings. The van der Waals surface area contributed by atoms with Crippen molar-refractivity contribution in [3.05, 3.63) is 55.5 Å². The molecule has 3 heterocycles.